The molecule has 0 atom stereocenters. The maximum atomic E-state index is 7.35. The van der Waals surface area contributed by atoms with Crippen molar-refractivity contribution in [3.05, 3.63) is 69.3 Å². The van der Waals surface area contributed by atoms with Crippen molar-refractivity contribution in [2.75, 3.05) is 22.9 Å². The predicted molar refractivity (Wildman–Crippen MR) is 137 cm³/mol. The van der Waals surface area contributed by atoms with E-state index in [4.69, 9.17) is 19.4 Å². The Hall–Kier alpha value is -1.15. The van der Waals surface area contributed by atoms with Crippen LogP contribution in [0.4, 0.5) is 11.4 Å². The zero-order valence-electron chi connectivity index (χ0n) is 20.0. The minimum absolute atomic E-state index is 0.756. The van der Waals surface area contributed by atoms with Gasteiger partial charge in [0.05, 0.1) is 0 Å². The molecule has 0 aromatic heterocycles. The molecule has 2 aromatic carbocycles. The van der Waals surface area contributed by atoms with Gasteiger partial charge in [0.1, 0.15) is 0 Å². The van der Waals surface area contributed by atoms with Gasteiger partial charge in [-0.2, -0.15) is 0 Å². The standard InChI is InChI=1S/C21H26N2.C5H9.2ClH.Ru/c1-14-9-16(3)20(17(4)10-14)22-7-8-23(13-22)21-18(5)11-15(2)12-19(21)6;1-4-5(2)3;;;/h9-12H,7-8H2,1-6H3;4H,2H2,1,3H3;2*1H;/q;;;;+2/p-2. The van der Waals surface area contributed by atoms with Crippen LogP contribution in [0.2, 0.25) is 5.02 Å². The number of benzene rings is 2. The zero-order valence-corrected chi connectivity index (χ0v) is 23.3. The molecule has 1 aliphatic heterocycles. The number of rotatable bonds is 4. The van der Waals surface area contributed by atoms with Crippen molar-refractivity contribution in [1.29, 1.82) is 0 Å². The maximum absolute atomic E-state index is 7.35. The summed E-state index contributed by atoms with van der Waals surface area (Å²) in [5.41, 5.74) is 11.5. The summed E-state index contributed by atoms with van der Waals surface area (Å²) >= 11 is -3.22. The van der Waals surface area contributed by atoms with E-state index in [-0.39, 0.29) is 0 Å². The number of anilines is 2. The van der Waals surface area contributed by atoms with Gasteiger partial charge in [0.25, 0.3) is 0 Å². The first kappa shape index (κ1) is 24.5. The second-order valence-corrected chi connectivity index (χ2v) is 18.9. The topological polar surface area (TPSA) is 6.48 Å². The van der Waals surface area contributed by atoms with Crippen LogP contribution in [-0.4, -0.2) is 17.4 Å². The number of nitrogens with zero attached hydrogens (tertiary/aromatic N) is 2. The van der Waals surface area contributed by atoms with Gasteiger partial charge in [0.15, 0.2) is 0 Å². The summed E-state index contributed by atoms with van der Waals surface area (Å²) in [6.07, 6.45) is 2.13. The second-order valence-electron chi connectivity index (χ2n) is 8.81. The van der Waals surface area contributed by atoms with Crippen LogP contribution in [0.5, 0.6) is 0 Å². The van der Waals surface area contributed by atoms with E-state index in [1.54, 1.807) is 0 Å². The van der Waals surface area contributed by atoms with Crippen LogP contribution in [0, 0.1) is 41.5 Å². The normalized spacial score (nSPS) is 15.8. The van der Waals surface area contributed by atoms with Gasteiger partial charge < -0.3 is 0 Å². The first-order valence-electron chi connectivity index (χ1n) is 10.7. The van der Waals surface area contributed by atoms with Crippen LogP contribution in [-0.2, 0) is 12.3 Å². The van der Waals surface area contributed by atoms with Crippen molar-refractivity contribution in [2.45, 2.75) is 60.4 Å². The Kier molecular flexibility index (Phi) is 7.41. The molecule has 5 heteroatoms. The van der Waals surface area contributed by atoms with Crippen molar-refractivity contribution in [3.8, 4) is 0 Å². The summed E-state index contributed by atoms with van der Waals surface area (Å²) in [7, 11) is 14.7. The van der Waals surface area contributed by atoms with Crippen molar-refractivity contribution >= 4 is 35.1 Å². The summed E-state index contributed by atoms with van der Waals surface area (Å²) in [5, 5.41) is 0.756. The molecule has 1 aliphatic rings. The molecule has 0 spiro atoms. The first-order valence-corrected chi connectivity index (χ1v) is 17.3. The van der Waals surface area contributed by atoms with Crippen molar-refractivity contribution < 1.29 is 12.3 Å². The van der Waals surface area contributed by atoms with E-state index < -0.39 is 12.3 Å². The fourth-order valence-corrected chi connectivity index (χ4v) is 12.2. The number of aryl methyl sites for hydroxylation is 6. The van der Waals surface area contributed by atoms with Crippen molar-refractivity contribution in [2.24, 2.45) is 0 Å². The van der Waals surface area contributed by atoms with Gasteiger partial charge in [-0.1, -0.05) is 0 Å². The van der Waals surface area contributed by atoms with Crippen LogP contribution < -0.4 is 9.80 Å². The fraction of sp³-hybridized carbons (Fsp3) is 0.423. The van der Waals surface area contributed by atoms with Crippen LogP contribution in [0.15, 0.2) is 35.9 Å². The number of allylic oxidation sites excluding steroid dienone is 2. The molecular formula is C26H35Cl2N2Ru. The van der Waals surface area contributed by atoms with Crippen LogP contribution in [0.1, 0.15) is 47.2 Å². The van der Waals surface area contributed by atoms with E-state index in [1.807, 2.05) is 0 Å². The van der Waals surface area contributed by atoms with E-state index in [0.29, 0.717) is 0 Å². The van der Waals surface area contributed by atoms with Gasteiger partial charge in [-0.05, 0) is 0 Å². The number of hydrogen-bond donors (Lipinski definition) is 0. The summed E-state index contributed by atoms with van der Waals surface area (Å²) in [6, 6.07) is 9.05. The van der Waals surface area contributed by atoms with Crippen molar-refractivity contribution in [3.63, 3.8) is 0 Å². The number of hydrogen-bond acceptors (Lipinski definition) is 2. The molecule has 0 radical (unpaired) electrons. The third kappa shape index (κ3) is 4.95. The molecule has 2 aromatic rings. The van der Waals surface area contributed by atoms with Gasteiger partial charge in [-0.15, -0.1) is 0 Å². The van der Waals surface area contributed by atoms with Gasteiger partial charge in [0.2, 0.25) is 0 Å². The third-order valence-corrected chi connectivity index (χ3v) is 12.2. The van der Waals surface area contributed by atoms with E-state index in [2.05, 4.69) is 95.5 Å². The third-order valence-electron chi connectivity index (χ3n) is 5.87. The Morgan fingerprint density at radius 2 is 1.16 bits per heavy atom. The SMILES string of the molecule is CC=C(C)[CH2][Ru]([Cl])([Cl])=[C]1N(c2c(C)cc(C)cc2C)CCN1c1c(C)cc(C)cc1C. The predicted octanol–water partition coefficient (Wildman–Crippen LogP) is 7.80. The van der Waals surface area contributed by atoms with Gasteiger partial charge >= 0.3 is 200 Å². The molecule has 0 aliphatic carbocycles. The average molecular weight is 548 g/mol. The second kappa shape index (κ2) is 9.38. The molecule has 3 rings (SSSR count). The van der Waals surface area contributed by atoms with Gasteiger partial charge in [-0.25, -0.2) is 0 Å². The molecular weight excluding hydrogens is 512 g/mol. The molecule has 0 bridgehead atoms. The molecule has 1 heterocycles. The summed E-state index contributed by atoms with van der Waals surface area (Å²) < 4.78 is 1.13. The number of halogens is 2. The Morgan fingerprint density at radius 1 is 0.806 bits per heavy atom. The summed E-state index contributed by atoms with van der Waals surface area (Å²) in [6.45, 7) is 19.1. The zero-order chi connectivity index (χ0) is 23.1. The van der Waals surface area contributed by atoms with Crippen LogP contribution in [0.25, 0.3) is 0 Å². The van der Waals surface area contributed by atoms with E-state index >= 15 is 0 Å². The molecule has 2 nitrogen and oxygen atoms in total. The van der Waals surface area contributed by atoms with E-state index in [9.17, 15) is 0 Å². The molecule has 0 saturated carbocycles. The molecule has 0 N–H and O–H groups in total. The molecule has 0 amide bonds. The molecule has 31 heavy (non-hydrogen) atoms. The van der Waals surface area contributed by atoms with Gasteiger partial charge in [-0.3, -0.25) is 0 Å². The Morgan fingerprint density at radius 3 is 1.48 bits per heavy atom. The average Bonchev–Trinajstić information content (AvgIpc) is 3.04. The Labute approximate surface area is 199 Å². The van der Waals surface area contributed by atoms with Crippen LogP contribution in [0.3, 0.4) is 0 Å². The Bertz CT molecular complexity index is 981. The summed E-state index contributed by atoms with van der Waals surface area (Å²) in [4.78, 5) is 4.86. The quantitative estimate of drug-likeness (QED) is 0.285. The van der Waals surface area contributed by atoms with Crippen LogP contribution >= 0.6 is 19.4 Å². The minimum atomic E-state index is -3.22. The fourth-order valence-electron chi connectivity index (χ4n) is 4.78. The molecule has 0 unspecified atom stereocenters. The Balaban J connectivity index is 2.29. The van der Waals surface area contributed by atoms with Gasteiger partial charge in [0, 0.05) is 0 Å². The molecule has 1 fully saturated rings. The molecule has 171 valence electrons. The van der Waals surface area contributed by atoms with E-state index in [1.165, 1.54) is 50.3 Å². The molecule has 1 saturated heterocycles. The summed E-state index contributed by atoms with van der Waals surface area (Å²) in [5.74, 6) is 0. The first-order chi connectivity index (χ1) is 14.5. The monoisotopic (exact) mass is 547 g/mol. The van der Waals surface area contributed by atoms with Crippen molar-refractivity contribution in [1.82, 2.24) is 0 Å². The van der Waals surface area contributed by atoms with E-state index in [0.717, 1.165) is 22.5 Å².